The van der Waals surface area contributed by atoms with E-state index in [2.05, 4.69) is 10.2 Å². The van der Waals surface area contributed by atoms with E-state index in [9.17, 15) is 9.90 Å². The van der Waals surface area contributed by atoms with Crippen molar-refractivity contribution in [2.75, 3.05) is 6.54 Å². The van der Waals surface area contributed by atoms with Crippen LogP contribution in [0.4, 0.5) is 0 Å². The van der Waals surface area contributed by atoms with Crippen LogP contribution in [0.1, 0.15) is 41.4 Å². The van der Waals surface area contributed by atoms with Gasteiger partial charge in [0.2, 0.25) is 0 Å². The largest absolute Gasteiger partial charge is 0.388 e. The minimum Gasteiger partial charge on any atom is -0.388 e. The number of nitrogens with one attached hydrogen (secondary N) is 1. The summed E-state index contributed by atoms with van der Waals surface area (Å²) in [6, 6.07) is 11.4. The molecule has 110 valence electrons. The number of likely N-dealkylation sites (tertiary alicyclic amines) is 1. The van der Waals surface area contributed by atoms with Crippen molar-refractivity contribution in [2.45, 2.75) is 31.4 Å². The molecule has 1 aliphatic rings. The molecule has 0 radical (unpaired) electrons. The standard InChI is InChI=1S/C16H19N3O2/c20-15(12-5-2-1-3-6-12)11-13-7-4-10-19(13)16(21)14-8-9-17-18-14/h1-3,5-6,8-9,13,15,20H,4,7,10-11H2,(H,17,18)/t13-,15+/m0/s1. The van der Waals surface area contributed by atoms with E-state index in [0.29, 0.717) is 12.1 Å². The third kappa shape index (κ3) is 2.97. The molecule has 1 amide bonds. The Morgan fingerprint density at radius 3 is 2.90 bits per heavy atom. The molecule has 0 aliphatic carbocycles. The molecule has 2 aromatic rings. The van der Waals surface area contributed by atoms with Crippen LogP contribution in [0.3, 0.4) is 0 Å². The molecule has 5 nitrogen and oxygen atoms in total. The summed E-state index contributed by atoms with van der Waals surface area (Å²) in [6.07, 6.45) is 3.53. The van der Waals surface area contributed by atoms with Crippen molar-refractivity contribution in [2.24, 2.45) is 0 Å². The number of hydrogen-bond donors (Lipinski definition) is 2. The summed E-state index contributed by atoms with van der Waals surface area (Å²) in [5, 5.41) is 16.9. The summed E-state index contributed by atoms with van der Waals surface area (Å²) in [5.74, 6) is -0.0322. The average molecular weight is 285 g/mol. The first-order valence-electron chi connectivity index (χ1n) is 7.29. The molecule has 3 rings (SSSR count). The fraction of sp³-hybridized carbons (Fsp3) is 0.375. The highest BCUT2D eigenvalue weighted by atomic mass is 16.3. The number of rotatable bonds is 4. The normalized spacial score (nSPS) is 19.7. The zero-order valence-electron chi connectivity index (χ0n) is 11.8. The number of aliphatic hydroxyl groups is 1. The monoisotopic (exact) mass is 285 g/mol. The minimum atomic E-state index is -0.536. The molecule has 0 saturated carbocycles. The Balaban J connectivity index is 1.68. The van der Waals surface area contributed by atoms with Crippen LogP contribution in [0.25, 0.3) is 0 Å². The van der Waals surface area contributed by atoms with Gasteiger partial charge in [0, 0.05) is 18.8 Å². The van der Waals surface area contributed by atoms with Gasteiger partial charge in [-0.3, -0.25) is 9.89 Å². The quantitative estimate of drug-likeness (QED) is 0.904. The Morgan fingerprint density at radius 2 is 2.19 bits per heavy atom. The van der Waals surface area contributed by atoms with Gasteiger partial charge in [0.25, 0.3) is 5.91 Å². The highest BCUT2D eigenvalue weighted by Crippen LogP contribution is 2.28. The molecule has 5 heteroatoms. The van der Waals surface area contributed by atoms with Gasteiger partial charge in [0.05, 0.1) is 6.10 Å². The molecule has 0 unspecified atom stereocenters. The van der Waals surface area contributed by atoms with Crippen LogP contribution >= 0.6 is 0 Å². The minimum absolute atomic E-state index is 0.0322. The van der Waals surface area contributed by atoms with E-state index in [1.54, 1.807) is 12.3 Å². The van der Waals surface area contributed by atoms with Crippen molar-refractivity contribution in [1.29, 1.82) is 0 Å². The predicted molar refractivity (Wildman–Crippen MR) is 78.7 cm³/mol. The number of benzene rings is 1. The van der Waals surface area contributed by atoms with Crippen LogP contribution in [-0.4, -0.2) is 38.7 Å². The Hall–Kier alpha value is -2.14. The van der Waals surface area contributed by atoms with E-state index in [4.69, 9.17) is 0 Å². The molecule has 2 atom stereocenters. The van der Waals surface area contributed by atoms with Crippen molar-refractivity contribution < 1.29 is 9.90 Å². The van der Waals surface area contributed by atoms with Crippen molar-refractivity contribution in [3.63, 3.8) is 0 Å². The maximum Gasteiger partial charge on any atom is 0.272 e. The number of H-pyrrole nitrogens is 1. The van der Waals surface area contributed by atoms with E-state index < -0.39 is 6.10 Å². The average Bonchev–Trinajstić information content (AvgIpc) is 3.19. The van der Waals surface area contributed by atoms with Gasteiger partial charge >= 0.3 is 0 Å². The fourth-order valence-corrected chi connectivity index (χ4v) is 2.95. The van der Waals surface area contributed by atoms with Gasteiger partial charge in [-0.25, -0.2) is 0 Å². The molecule has 0 bridgehead atoms. The molecular weight excluding hydrogens is 266 g/mol. The molecule has 21 heavy (non-hydrogen) atoms. The first kappa shape index (κ1) is 13.8. The SMILES string of the molecule is O=C(c1ccn[nH]1)N1CCC[C@H]1C[C@@H](O)c1ccccc1. The van der Waals surface area contributed by atoms with Crippen molar-refractivity contribution in [1.82, 2.24) is 15.1 Å². The third-order valence-corrected chi connectivity index (χ3v) is 4.05. The number of aliphatic hydroxyl groups excluding tert-OH is 1. The molecule has 1 aromatic carbocycles. The van der Waals surface area contributed by atoms with Crippen LogP contribution in [0.5, 0.6) is 0 Å². The lowest BCUT2D eigenvalue weighted by molar-refractivity contribution is 0.0661. The fourth-order valence-electron chi connectivity index (χ4n) is 2.95. The van der Waals surface area contributed by atoms with E-state index in [1.165, 1.54) is 0 Å². The topological polar surface area (TPSA) is 69.2 Å². The highest BCUT2D eigenvalue weighted by Gasteiger charge is 2.31. The molecule has 1 aromatic heterocycles. The van der Waals surface area contributed by atoms with Crippen molar-refractivity contribution in [3.05, 3.63) is 53.9 Å². The van der Waals surface area contributed by atoms with Crippen molar-refractivity contribution in [3.8, 4) is 0 Å². The van der Waals surface area contributed by atoms with Gasteiger partial charge in [-0.2, -0.15) is 5.10 Å². The number of nitrogens with zero attached hydrogens (tertiary/aromatic N) is 2. The lowest BCUT2D eigenvalue weighted by Crippen LogP contribution is -2.36. The Labute approximate surface area is 123 Å². The van der Waals surface area contributed by atoms with Gasteiger partial charge in [-0.1, -0.05) is 30.3 Å². The second-order valence-electron chi connectivity index (χ2n) is 5.43. The Kier molecular flexibility index (Phi) is 4.01. The maximum atomic E-state index is 12.4. The Bertz CT molecular complexity index is 583. The second-order valence-corrected chi connectivity index (χ2v) is 5.43. The van der Waals surface area contributed by atoms with Crippen LogP contribution in [-0.2, 0) is 0 Å². The second kappa shape index (κ2) is 6.10. The van der Waals surface area contributed by atoms with Gasteiger partial charge in [0.1, 0.15) is 5.69 Å². The zero-order chi connectivity index (χ0) is 14.7. The summed E-state index contributed by atoms with van der Waals surface area (Å²) >= 11 is 0. The van der Waals surface area contributed by atoms with Gasteiger partial charge in [-0.15, -0.1) is 0 Å². The summed E-state index contributed by atoms with van der Waals surface area (Å²) in [6.45, 7) is 0.740. The first-order chi connectivity index (χ1) is 10.3. The van der Waals surface area contributed by atoms with Crippen LogP contribution in [0.15, 0.2) is 42.6 Å². The maximum absolute atomic E-state index is 12.4. The molecule has 0 spiro atoms. The lowest BCUT2D eigenvalue weighted by atomic mass is 10.0. The third-order valence-electron chi connectivity index (χ3n) is 4.05. The van der Waals surface area contributed by atoms with Crippen molar-refractivity contribution >= 4 is 5.91 Å². The number of aromatic nitrogens is 2. The molecule has 1 aliphatic heterocycles. The number of aromatic amines is 1. The highest BCUT2D eigenvalue weighted by molar-refractivity contribution is 5.92. The van der Waals surface area contributed by atoms with Crippen LogP contribution in [0, 0.1) is 0 Å². The number of carbonyl (C=O) groups excluding carboxylic acids is 1. The number of hydrogen-bond acceptors (Lipinski definition) is 3. The van der Waals surface area contributed by atoms with Crippen LogP contribution in [0.2, 0.25) is 0 Å². The Morgan fingerprint density at radius 1 is 1.38 bits per heavy atom. The molecule has 2 N–H and O–H groups in total. The predicted octanol–water partition coefficient (Wildman–Crippen LogP) is 2.14. The van der Waals surface area contributed by atoms with E-state index in [-0.39, 0.29) is 11.9 Å². The smallest absolute Gasteiger partial charge is 0.272 e. The van der Waals surface area contributed by atoms with Crippen LogP contribution < -0.4 is 0 Å². The molecule has 1 fully saturated rings. The van der Waals surface area contributed by atoms with E-state index in [0.717, 1.165) is 24.9 Å². The van der Waals surface area contributed by atoms with E-state index >= 15 is 0 Å². The zero-order valence-corrected chi connectivity index (χ0v) is 11.8. The summed E-state index contributed by atoms with van der Waals surface area (Å²) in [4.78, 5) is 14.3. The van der Waals surface area contributed by atoms with Gasteiger partial charge in [-0.05, 0) is 30.9 Å². The lowest BCUT2D eigenvalue weighted by Gasteiger charge is -2.26. The molecule has 1 saturated heterocycles. The summed E-state index contributed by atoms with van der Waals surface area (Å²) < 4.78 is 0. The number of amides is 1. The summed E-state index contributed by atoms with van der Waals surface area (Å²) in [5.41, 5.74) is 1.41. The van der Waals surface area contributed by atoms with Gasteiger partial charge < -0.3 is 10.0 Å². The summed E-state index contributed by atoms with van der Waals surface area (Å²) in [7, 11) is 0. The number of carbonyl (C=O) groups is 1. The first-order valence-corrected chi connectivity index (χ1v) is 7.29. The molecule has 2 heterocycles. The van der Waals surface area contributed by atoms with E-state index in [1.807, 2.05) is 35.2 Å². The molecular formula is C16H19N3O2. The van der Waals surface area contributed by atoms with Gasteiger partial charge in [0.15, 0.2) is 0 Å².